The molecule has 148 valence electrons. The lowest BCUT2D eigenvalue weighted by Gasteiger charge is -2.33. The summed E-state index contributed by atoms with van der Waals surface area (Å²) in [5, 5.41) is 3.08. The maximum absolute atomic E-state index is 13.9. The number of carbonyl (C=O) groups is 2. The Balaban J connectivity index is 1.53. The number of likely N-dealkylation sites (tertiary alicyclic amines) is 2. The number of hydrogen-bond donors (Lipinski definition) is 1. The standard InChI is InChI=1S/C20H27F2N3O2/c1-2-19(26)25-10-8-14(11-25)20(27)23-15-5-4-9-24(12-15)13-16-17(21)6-3-7-18(16)22/h3,6-7,14-15H,2,4-5,8-13H2,1H3,(H,23,27). The van der Waals surface area contributed by atoms with Crippen LogP contribution in [0.5, 0.6) is 0 Å². The molecule has 5 nitrogen and oxygen atoms in total. The summed E-state index contributed by atoms with van der Waals surface area (Å²) < 4.78 is 27.8. The maximum atomic E-state index is 13.9. The van der Waals surface area contributed by atoms with Crippen molar-refractivity contribution in [2.24, 2.45) is 5.92 Å². The molecule has 2 fully saturated rings. The summed E-state index contributed by atoms with van der Waals surface area (Å²) >= 11 is 0. The van der Waals surface area contributed by atoms with Crippen LogP contribution in [0.25, 0.3) is 0 Å². The average molecular weight is 379 g/mol. The quantitative estimate of drug-likeness (QED) is 0.854. The Hall–Kier alpha value is -2.02. The molecule has 2 amide bonds. The van der Waals surface area contributed by atoms with Gasteiger partial charge in [-0.2, -0.15) is 0 Å². The predicted molar refractivity (Wildman–Crippen MR) is 97.8 cm³/mol. The molecule has 1 aromatic carbocycles. The third-order valence-corrected chi connectivity index (χ3v) is 5.51. The van der Waals surface area contributed by atoms with Crippen molar-refractivity contribution >= 4 is 11.8 Å². The lowest BCUT2D eigenvalue weighted by atomic mass is 10.0. The van der Waals surface area contributed by atoms with Crippen molar-refractivity contribution in [3.8, 4) is 0 Å². The zero-order valence-electron chi connectivity index (χ0n) is 15.7. The normalized spacial score (nSPS) is 23.4. The van der Waals surface area contributed by atoms with Crippen LogP contribution >= 0.6 is 0 Å². The number of carbonyl (C=O) groups excluding carboxylic acids is 2. The fourth-order valence-electron chi connectivity index (χ4n) is 3.97. The van der Waals surface area contributed by atoms with E-state index in [2.05, 4.69) is 5.32 Å². The van der Waals surface area contributed by atoms with Gasteiger partial charge in [-0.3, -0.25) is 14.5 Å². The summed E-state index contributed by atoms with van der Waals surface area (Å²) in [6.45, 7) is 4.47. The van der Waals surface area contributed by atoms with Gasteiger partial charge < -0.3 is 10.2 Å². The Morgan fingerprint density at radius 2 is 1.89 bits per heavy atom. The molecule has 2 saturated heterocycles. The number of nitrogens with zero attached hydrogens (tertiary/aromatic N) is 2. The number of benzene rings is 1. The zero-order valence-corrected chi connectivity index (χ0v) is 15.7. The molecule has 2 aliphatic rings. The van der Waals surface area contributed by atoms with Crippen molar-refractivity contribution in [2.75, 3.05) is 26.2 Å². The maximum Gasteiger partial charge on any atom is 0.225 e. The van der Waals surface area contributed by atoms with Gasteiger partial charge in [0.1, 0.15) is 11.6 Å². The van der Waals surface area contributed by atoms with Crippen molar-refractivity contribution < 1.29 is 18.4 Å². The van der Waals surface area contributed by atoms with E-state index in [-0.39, 0.29) is 35.9 Å². The molecule has 0 radical (unpaired) electrons. The molecule has 3 rings (SSSR count). The van der Waals surface area contributed by atoms with E-state index >= 15 is 0 Å². The largest absolute Gasteiger partial charge is 0.352 e. The molecular formula is C20H27F2N3O2. The van der Waals surface area contributed by atoms with Crippen LogP contribution in [0.4, 0.5) is 8.78 Å². The van der Waals surface area contributed by atoms with Crippen molar-refractivity contribution in [2.45, 2.75) is 45.2 Å². The van der Waals surface area contributed by atoms with E-state index in [1.807, 2.05) is 11.8 Å². The van der Waals surface area contributed by atoms with Gasteiger partial charge in [-0.15, -0.1) is 0 Å². The fourth-order valence-corrected chi connectivity index (χ4v) is 3.97. The van der Waals surface area contributed by atoms with Gasteiger partial charge in [-0.1, -0.05) is 13.0 Å². The van der Waals surface area contributed by atoms with E-state index < -0.39 is 11.6 Å². The molecule has 27 heavy (non-hydrogen) atoms. The first-order valence-electron chi connectivity index (χ1n) is 9.71. The first kappa shape index (κ1) is 19.7. The summed E-state index contributed by atoms with van der Waals surface area (Å²) in [7, 11) is 0. The second-order valence-corrected chi connectivity index (χ2v) is 7.46. The van der Waals surface area contributed by atoms with Gasteiger partial charge in [0, 0.05) is 44.2 Å². The van der Waals surface area contributed by atoms with Crippen LogP contribution < -0.4 is 5.32 Å². The molecule has 2 heterocycles. The minimum atomic E-state index is -0.534. The SMILES string of the molecule is CCC(=O)N1CCC(C(=O)NC2CCCN(Cc3c(F)cccc3F)C2)C1. The van der Waals surface area contributed by atoms with Crippen LogP contribution in [-0.2, 0) is 16.1 Å². The number of hydrogen-bond acceptors (Lipinski definition) is 3. The molecule has 2 atom stereocenters. The van der Waals surface area contributed by atoms with E-state index in [1.54, 1.807) is 4.90 Å². The summed E-state index contributed by atoms with van der Waals surface area (Å²) in [5.74, 6) is -1.17. The fraction of sp³-hybridized carbons (Fsp3) is 0.600. The smallest absolute Gasteiger partial charge is 0.225 e. The number of nitrogens with one attached hydrogen (secondary N) is 1. The van der Waals surface area contributed by atoms with E-state index in [9.17, 15) is 18.4 Å². The highest BCUT2D eigenvalue weighted by Gasteiger charge is 2.32. The minimum absolute atomic E-state index is 0.0228. The molecule has 2 aliphatic heterocycles. The summed E-state index contributed by atoms with van der Waals surface area (Å²) in [4.78, 5) is 28.1. The molecule has 0 aliphatic carbocycles. The molecule has 0 spiro atoms. The highest BCUT2D eigenvalue weighted by atomic mass is 19.1. The Morgan fingerprint density at radius 1 is 1.15 bits per heavy atom. The van der Waals surface area contributed by atoms with Crippen molar-refractivity contribution in [1.82, 2.24) is 15.1 Å². The number of amides is 2. The van der Waals surface area contributed by atoms with Crippen molar-refractivity contribution in [1.29, 1.82) is 0 Å². The van der Waals surface area contributed by atoms with E-state index in [0.29, 0.717) is 32.5 Å². The lowest BCUT2D eigenvalue weighted by Crippen LogP contribution is -2.49. The molecule has 2 unspecified atom stereocenters. The highest BCUT2D eigenvalue weighted by Crippen LogP contribution is 2.20. The van der Waals surface area contributed by atoms with Crippen LogP contribution in [0.1, 0.15) is 38.2 Å². The molecular weight excluding hydrogens is 352 g/mol. The lowest BCUT2D eigenvalue weighted by molar-refractivity contribution is -0.130. The predicted octanol–water partition coefficient (Wildman–Crippen LogP) is 2.30. The van der Waals surface area contributed by atoms with Gasteiger partial charge >= 0.3 is 0 Å². The third kappa shape index (κ3) is 4.83. The van der Waals surface area contributed by atoms with Gasteiger partial charge in [0.2, 0.25) is 11.8 Å². The second kappa shape index (κ2) is 8.78. The highest BCUT2D eigenvalue weighted by molar-refractivity contribution is 5.82. The second-order valence-electron chi connectivity index (χ2n) is 7.46. The summed E-state index contributed by atoms with van der Waals surface area (Å²) in [6, 6.07) is 3.87. The van der Waals surface area contributed by atoms with Gasteiger partial charge in [0.15, 0.2) is 0 Å². The van der Waals surface area contributed by atoms with Crippen LogP contribution in [0.2, 0.25) is 0 Å². The summed E-state index contributed by atoms with van der Waals surface area (Å²) in [5.41, 5.74) is 0.0778. The number of rotatable bonds is 5. The Kier molecular flexibility index (Phi) is 6.42. The Bertz CT molecular complexity index is 678. The Morgan fingerprint density at radius 3 is 2.59 bits per heavy atom. The van der Waals surface area contributed by atoms with Gasteiger partial charge in [-0.25, -0.2) is 8.78 Å². The van der Waals surface area contributed by atoms with Crippen LogP contribution in [0.15, 0.2) is 18.2 Å². The molecule has 0 bridgehead atoms. The topological polar surface area (TPSA) is 52.7 Å². The van der Waals surface area contributed by atoms with Crippen LogP contribution in [0.3, 0.4) is 0 Å². The zero-order chi connectivity index (χ0) is 19.4. The van der Waals surface area contributed by atoms with Gasteiger partial charge in [0.25, 0.3) is 0 Å². The molecule has 7 heteroatoms. The monoisotopic (exact) mass is 379 g/mol. The average Bonchev–Trinajstić information content (AvgIpc) is 3.15. The molecule has 0 aromatic heterocycles. The van der Waals surface area contributed by atoms with Crippen molar-refractivity contribution in [3.05, 3.63) is 35.4 Å². The number of piperidine rings is 1. The Labute approximate surface area is 158 Å². The van der Waals surface area contributed by atoms with Crippen LogP contribution in [0, 0.1) is 17.6 Å². The first-order chi connectivity index (χ1) is 13.0. The van der Waals surface area contributed by atoms with E-state index in [1.165, 1.54) is 18.2 Å². The third-order valence-electron chi connectivity index (χ3n) is 5.51. The first-order valence-corrected chi connectivity index (χ1v) is 9.71. The molecule has 1 N–H and O–H groups in total. The minimum Gasteiger partial charge on any atom is -0.352 e. The molecule has 0 saturated carbocycles. The van der Waals surface area contributed by atoms with Gasteiger partial charge in [-0.05, 0) is 37.9 Å². The van der Waals surface area contributed by atoms with Crippen molar-refractivity contribution in [3.63, 3.8) is 0 Å². The number of halogens is 2. The molecule has 1 aromatic rings. The van der Waals surface area contributed by atoms with E-state index in [0.717, 1.165) is 19.4 Å². The van der Waals surface area contributed by atoms with Crippen LogP contribution in [-0.4, -0.2) is 53.8 Å². The van der Waals surface area contributed by atoms with E-state index in [4.69, 9.17) is 0 Å². The van der Waals surface area contributed by atoms with Gasteiger partial charge in [0.05, 0.1) is 5.92 Å². The summed E-state index contributed by atoms with van der Waals surface area (Å²) in [6.07, 6.45) is 2.87.